The van der Waals surface area contributed by atoms with Crippen molar-refractivity contribution >= 4 is 34.7 Å². The zero-order chi connectivity index (χ0) is 26.9. The molecule has 0 saturated carbocycles. The smallest absolute Gasteiger partial charge is 0.242 e. The van der Waals surface area contributed by atoms with Crippen LogP contribution in [0.4, 0.5) is 0 Å². The van der Waals surface area contributed by atoms with Crippen LogP contribution in [0.5, 0.6) is 0 Å². The van der Waals surface area contributed by atoms with E-state index in [9.17, 15) is 9.59 Å². The zero-order valence-electron chi connectivity index (χ0n) is 21.6. The van der Waals surface area contributed by atoms with Gasteiger partial charge in [0.1, 0.15) is 12.4 Å². The Morgan fingerprint density at radius 2 is 1.95 bits per heavy atom. The van der Waals surface area contributed by atoms with Gasteiger partial charge in [0.2, 0.25) is 11.8 Å². The molecule has 0 aliphatic rings. The molecule has 196 valence electrons. The van der Waals surface area contributed by atoms with Crippen LogP contribution >= 0.6 is 0 Å². The normalized spacial score (nSPS) is 11.7. The third kappa shape index (κ3) is 6.61. The molecule has 0 radical (unpaired) electrons. The molecule has 0 bridgehead atoms. The molecule has 3 N–H and O–H groups in total. The van der Waals surface area contributed by atoms with E-state index in [0.29, 0.717) is 24.4 Å². The van der Waals surface area contributed by atoms with E-state index in [2.05, 4.69) is 56.0 Å². The van der Waals surface area contributed by atoms with Gasteiger partial charge < -0.3 is 15.6 Å². The molecule has 9 heteroatoms. The van der Waals surface area contributed by atoms with Gasteiger partial charge in [-0.15, -0.1) is 0 Å². The lowest BCUT2D eigenvalue weighted by molar-refractivity contribution is -0.123. The molecule has 38 heavy (non-hydrogen) atoms. The van der Waals surface area contributed by atoms with Crippen LogP contribution in [0.1, 0.15) is 55.2 Å². The van der Waals surface area contributed by atoms with Crippen LogP contribution in [0.25, 0.3) is 34.2 Å². The molecule has 3 aromatic heterocycles. The van der Waals surface area contributed by atoms with Gasteiger partial charge in [0.05, 0.1) is 23.6 Å². The molecule has 2 amide bonds. The lowest BCUT2D eigenvalue weighted by atomic mass is 10.1. The predicted octanol–water partition coefficient (Wildman–Crippen LogP) is 4.66. The fourth-order valence-corrected chi connectivity index (χ4v) is 4.36. The van der Waals surface area contributed by atoms with Crippen molar-refractivity contribution in [3.05, 3.63) is 79.3 Å². The van der Waals surface area contributed by atoms with Crippen molar-refractivity contribution in [2.24, 2.45) is 0 Å². The Kier molecular flexibility index (Phi) is 8.81. The molecule has 0 spiro atoms. The highest BCUT2D eigenvalue weighted by Gasteiger charge is 2.19. The summed E-state index contributed by atoms with van der Waals surface area (Å²) < 4.78 is 1.58. The summed E-state index contributed by atoms with van der Waals surface area (Å²) in [7, 11) is 1.64. The number of carbonyl (C=O) groups is 2. The summed E-state index contributed by atoms with van der Waals surface area (Å²) in [4.78, 5) is 36.8. The second-order valence-corrected chi connectivity index (χ2v) is 9.09. The van der Waals surface area contributed by atoms with Crippen molar-refractivity contribution in [3.63, 3.8) is 0 Å². The number of pyridine rings is 1. The standard InChI is InChI=1S/C29H33N7O2/c1-4-20-18-36(35-24(20)5-2)19-28(38)33-25(9-7-6-8-10-27(37)30-3)29-32-17-26(34-29)22-12-11-21-13-14-31-16-23(21)15-22/h4-5,11-18,25H,1-2,6-10,19H2,3H3,(H,30,37)(H,32,34)(H,33,38)/t25-/m0/s1. The first-order chi connectivity index (χ1) is 18.5. The van der Waals surface area contributed by atoms with E-state index in [0.717, 1.165) is 46.9 Å². The van der Waals surface area contributed by atoms with Gasteiger partial charge in [0.15, 0.2) is 0 Å². The zero-order valence-corrected chi connectivity index (χ0v) is 21.6. The second-order valence-electron chi connectivity index (χ2n) is 9.09. The van der Waals surface area contributed by atoms with Gasteiger partial charge in [-0.25, -0.2) is 4.98 Å². The van der Waals surface area contributed by atoms with Gasteiger partial charge in [-0.05, 0) is 36.4 Å². The molecule has 1 aromatic carbocycles. The van der Waals surface area contributed by atoms with Crippen LogP contribution in [0, 0.1) is 0 Å². The molecule has 0 aliphatic heterocycles. The summed E-state index contributed by atoms with van der Waals surface area (Å²) in [5, 5.41) is 12.3. The van der Waals surface area contributed by atoms with Crippen LogP contribution < -0.4 is 10.6 Å². The van der Waals surface area contributed by atoms with Gasteiger partial charge in [-0.1, -0.05) is 44.2 Å². The highest BCUT2D eigenvalue weighted by molar-refractivity contribution is 5.86. The molecule has 0 fully saturated rings. The summed E-state index contributed by atoms with van der Waals surface area (Å²) in [6.07, 6.45) is 14.2. The van der Waals surface area contributed by atoms with Gasteiger partial charge >= 0.3 is 0 Å². The van der Waals surface area contributed by atoms with E-state index in [1.807, 2.05) is 18.3 Å². The number of hydrogen-bond acceptors (Lipinski definition) is 5. The van der Waals surface area contributed by atoms with E-state index in [1.165, 1.54) is 0 Å². The Balaban J connectivity index is 1.48. The van der Waals surface area contributed by atoms with E-state index >= 15 is 0 Å². The quantitative estimate of drug-likeness (QED) is 0.226. The lowest BCUT2D eigenvalue weighted by Crippen LogP contribution is -2.32. The van der Waals surface area contributed by atoms with Crippen molar-refractivity contribution in [2.45, 2.75) is 44.7 Å². The maximum atomic E-state index is 13.0. The van der Waals surface area contributed by atoms with Crippen molar-refractivity contribution in [1.82, 2.24) is 35.4 Å². The highest BCUT2D eigenvalue weighted by Crippen LogP contribution is 2.25. The monoisotopic (exact) mass is 511 g/mol. The molecule has 4 rings (SSSR count). The summed E-state index contributed by atoms with van der Waals surface area (Å²) in [6.45, 7) is 7.61. The predicted molar refractivity (Wildman–Crippen MR) is 150 cm³/mol. The number of H-pyrrole nitrogens is 1. The number of aromatic nitrogens is 5. The minimum Gasteiger partial charge on any atom is -0.359 e. The maximum absolute atomic E-state index is 13.0. The lowest BCUT2D eigenvalue weighted by Gasteiger charge is -2.17. The van der Waals surface area contributed by atoms with E-state index in [1.54, 1.807) is 42.5 Å². The van der Waals surface area contributed by atoms with Gasteiger partial charge in [0, 0.05) is 48.6 Å². The number of imidazole rings is 1. The molecule has 0 unspecified atom stereocenters. The van der Waals surface area contributed by atoms with Crippen molar-refractivity contribution in [3.8, 4) is 11.3 Å². The maximum Gasteiger partial charge on any atom is 0.242 e. The first kappa shape index (κ1) is 26.5. The van der Waals surface area contributed by atoms with Gasteiger partial charge in [-0.2, -0.15) is 5.10 Å². The topological polar surface area (TPSA) is 118 Å². The summed E-state index contributed by atoms with van der Waals surface area (Å²) in [5.41, 5.74) is 3.36. The molecule has 0 saturated heterocycles. The van der Waals surface area contributed by atoms with E-state index < -0.39 is 0 Å². The molecule has 1 atom stereocenters. The molecule has 0 aliphatic carbocycles. The third-order valence-electron chi connectivity index (χ3n) is 6.43. The largest absolute Gasteiger partial charge is 0.359 e. The third-order valence-corrected chi connectivity index (χ3v) is 6.43. The van der Waals surface area contributed by atoms with E-state index in [4.69, 9.17) is 0 Å². The Hall–Kier alpha value is -4.53. The number of rotatable bonds is 13. The average Bonchev–Trinajstić information content (AvgIpc) is 3.59. The van der Waals surface area contributed by atoms with Crippen molar-refractivity contribution < 1.29 is 9.59 Å². The number of amides is 2. The first-order valence-corrected chi connectivity index (χ1v) is 12.7. The number of nitrogens with zero attached hydrogens (tertiary/aromatic N) is 4. The second kappa shape index (κ2) is 12.6. The highest BCUT2D eigenvalue weighted by atomic mass is 16.2. The SMILES string of the molecule is C=Cc1cn(CC(=O)N[C@@H](CCCCCC(=O)NC)c2ncc(-c3ccc4ccncc4c3)[nH]2)nc1C=C. The minimum atomic E-state index is -0.313. The minimum absolute atomic E-state index is 0.0353. The molecule has 3 heterocycles. The Bertz CT molecular complexity index is 1410. The summed E-state index contributed by atoms with van der Waals surface area (Å²) >= 11 is 0. The Labute approximate surface area is 222 Å². The van der Waals surface area contributed by atoms with Gasteiger partial charge in [-0.3, -0.25) is 19.3 Å². The van der Waals surface area contributed by atoms with Gasteiger partial charge in [0.25, 0.3) is 0 Å². The summed E-state index contributed by atoms with van der Waals surface area (Å²) in [6, 6.07) is 7.82. The Morgan fingerprint density at radius 1 is 1.08 bits per heavy atom. The van der Waals surface area contributed by atoms with Crippen molar-refractivity contribution in [2.75, 3.05) is 7.05 Å². The first-order valence-electron chi connectivity index (χ1n) is 12.7. The number of unbranched alkanes of at least 4 members (excludes halogenated alkanes) is 2. The fourth-order valence-electron chi connectivity index (χ4n) is 4.36. The van der Waals surface area contributed by atoms with Crippen LogP contribution in [-0.2, 0) is 16.1 Å². The number of carbonyl (C=O) groups excluding carboxylic acids is 2. The number of nitrogens with one attached hydrogen (secondary N) is 3. The molecule has 4 aromatic rings. The van der Waals surface area contributed by atoms with Crippen LogP contribution in [0.2, 0.25) is 0 Å². The Morgan fingerprint density at radius 3 is 2.71 bits per heavy atom. The summed E-state index contributed by atoms with van der Waals surface area (Å²) in [5.74, 6) is 0.543. The molecular formula is C29H33N7O2. The average molecular weight is 512 g/mol. The molecule has 9 nitrogen and oxygen atoms in total. The van der Waals surface area contributed by atoms with Crippen LogP contribution in [-0.4, -0.2) is 43.6 Å². The number of fused-ring (bicyclic) bond motifs is 1. The number of benzene rings is 1. The number of hydrogen-bond donors (Lipinski definition) is 3. The number of aromatic amines is 1. The van der Waals surface area contributed by atoms with Crippen LogP contribution in [0.15, 0.2) is 62.2 Å². The molecular weight excluding hydrogens is 478 g/mol. The fraction of sp³-hybridized carbons (Fsp3) is 0.276. The van der Waals surface area contributed by atoms with E-state index in [-0.39, 0.29) is 24.4 Å². The van der Waals surface area contributed by atoms with Crippen LogP contribution in [0.3, 0.4) is 0 Å². The van der Waals surface area contributed by atoms with Crippen molar-refractivity contribution in [1.29, 1.82) is 0 Å².